The Kier molecular flexibility index (Phi) is 4.60. The van der Waals surface area contributed by atoms with Crippen molar-refractivity contribution in [2.24, 2.45) is 0 Å². The summed E-state index contributed by atoms with van der Waals surface area (Å²) in [5, 5.41) is 0. The van der Waals surface area contributed by atoms with Crippen LogP contribution in [0.15, 0.2) is 18.2 Å². The maximum absolute atomic E-state index is 12.7. The molecule has 2 nitrogen and oxygen atoms in total. The van der Waals surface area contributed by atoms with E-state index < -0.39 is 35.3 Å². The molecule has 1 fully saturated rings. The third-order valence-electron chi connectivity index (χ3n) is 3.40. The molecule has 0 aromatic heterocycles. The molecule has 22 heavy (non-hydrogen) atoms. The van der Waals surface area contributed by atoms with Crippen LogP contribution in [0.3, 0.4) is 0 Å². The van der Waals surface area contributed by atoms with Crippen molar-refractivity contribution in [2.45, 2.75) is 31.3 Å². The highest BCUT2D eigenvalue weighted by atomic mass is 19.4. The first-order chi connectivity index (χ1) is 10.1. The molecular weight excluding hydrogens is 312 g/mol. The molecule has 1 aromatic carbocycles. The quantitative estimate of drug-likeness (QED) is 0.749. The predicted octanol–water partition coefficient (Wildman–Crippen LogP) is 4.36. The van der Waals surface area contributed by atoms with E-state index in [1.165, 1.54) is 0 Å². The van der Waals surface area contributed by atoms with Gasteiger partial charge in [-0.05, 0) is 31.0 Å². The minimum Gasteiger partial charge on any atom is -0.490 e. The number of hydrogen-bond acceptors (Lipinski definition) is 2. The molecule has 0 amide bonds. The van der Waals surface area contributed by atoms with E-state index in [4.69, 9.17) is 4.74 Å². The van der Waals surface area contributed by atoms with Crippen molar-refractivity contribution in [1.29, 1.82) is 0 Å². The number of hydrogen-bond donors (Lipinski definition) is 0. The average molecular weight is 326 g/mol. The third-order valence-corrected chi connectivity index (χ3v) is 3.40. The lowest BCUT2D eigenvalue weighted by Gasteiger charge is -2.29. The van der Waals surface area contributed by atoms with Crippen LogP contribution in [0.2, 0.25) is 0 Å². The molecule has 1 heterocycles. The second kappa shape index (κ2) is 5.98. The number of likely N-dealkylation sites (tertiary alicyclic amines) is 1. The summed E-state index contributed by atoms with van der Waals surface area (Å²) in [6.07, 6.45) is -9.14. The molecule has 0 bridgehead atoms. The van der Waals surface area contributed by atoms with Gasteiger partial charge in [-0.2, -0.15) is 26.3 Å². The van der Waals surface area contributed by atoms with E-state index in [9.17, 15) is 26.3 Å². The lowest BCUT2D eigenvalue weighted by atomic mass is 10.1. The van der Waals surface area contributed by atoms with Crippen LogP contribution < -0.4 is 4.74 Å². The summed E-state index contributed by atoms with van der Waals surface area (Å²) in [7, 11) is 3.71. The van der Waals surface area contributed by atoms with Gasteiger partial charge < -0.3 is 9.64 Å². The number of alkyl halides is 6. The zero-order valence-electron chi connectivity index (χ0n) is 11.5. The standard InChI is InChI=1S/C14H14F6NO/c1-21-4-2-11(3-5-21)22-12-7-9(13(15,16)17)6-10(8-12)14(18,19)20/h6-8,11H,1-5H2. The summed E-state index contributed by atoms with van der Waals surface area (Å²) in [4.78, 5) is 1.77. The zero-order chi connectivity index (χ0) is 16.5. The van der Waals surface area contributed by atoms with E-state index in [0.29, 0.717) is 38.1 Å². The van der Waals surface area contributed by atoms with Gasteiger partial charge in [0.1, 0.15) is 11.9 Å². The van der Waals surface area contributed by atoms with Crippen molar-refractivity contribution in [3.63, 3.8) is 0 Å². The maximum Gasteiger partial charge on any atom is 0.416 e. The number of rotatable bonds is 2. The topological polar surface area (TPSA) is 12.5 Å². The van der Waals surface area contributed by atoms with Crippen LogP contribution in [-0.2, 0) is 12.4 Å². The summed E-state index contributed by atoms with van der Waals surface area (Å²) in [6, 6.07) is 1.29. The monoisotopic (exact) mass is 326 g/mol. The summed E-state index contributed by atoms with van der Waals surface area (Å²) in [6.45, 7) is 1.16. The van der Waals surface area contributed by atoms with Crippen LogP contribution in [0.4, 0.5) is 26.3 Å². The minimum atomic E-state index is -4.87. The van der Waals surface area contributed by atoms with Crippen LogP contribution >= 0.6 is 0 Å². The molecular formula is C14H14F6NO. The fourth-order valence-corrected chi connectivity index (χ4v) is 2.21. The molecule has 2 rings (SSSR count). The van der Waals surface area contributed by atoms with Crippen molar-refractivity contribution in [2.75, 3.05) is 13.1 Å². The van der Waals surface area contributed by atoms with E-state index in [-0.39, 0.29) is 6.07 Å². The number of ether oxygens (including phenoxy) is 1. The highest BCUT2D eigenvalue weighted by molar-refractivity contribution is 5.37. The van der Waals surface area contributed by atoms with Gasteiger partial charge >= 0.3 is 12.4 Å². The molecule has 0 spiro atoms. The van der Waals surface area contributed by atoms with Gasteiger partial charge in [-0.1, -0.05) is 0 Å². The first-order valence-corrected chi connectivity index (χ1v) is 6.57. The first kappa shape index (κ1) is 16.9. The van der Waals surface area contributed by atoms with Gasteiger partial charge in [0.25, 0.3) is 0 Å². The molecule has 1 aliphatic heterocycles. The first-order valence-electron chi connectivity index (χ1n) is 6.57. The summed E-state index contributed by atoms with van der Waals surface area (Å²) in [5.41, 5.74) is -2.74. The third kappa shape index (κ3) is 4.28. The SMILES string of the molecule is [CH2]N1CCC(Oc2cc(C(F)(F)F)cc(C(F)(F)F)c2)CC1. The number of halogens is 6. The molecule has 0 saturated carbocycles. The van der Waals surface area contributed by atoms with Crippen molar-refractivity contribution >= 4 is 0 Å². The van der Waals surface area contributed by atoms with Gasteiger partial charge in [0.2, 0.25) is 0 Å². The molecule has 8 heteroatoms. The molecule has 1 aromatic rings. The number of benzene rings is 1. The highest BCUT2D eigenvalue weighted by Crippen LogP contribution is 2.38. The van der Waals surface area contributed by atoms with Crippen molar-refractivity contribution in [3.8, 4) is 5.75 Å². The Morgan fingerprint density at radius 3 is 1.77 bits per heavy atom. The largest absolute Gasteiger partial charge is 0.490 e. The Morgan fingerprint density at radius 1 is 0.909 bits per heavy atom. The van der Waals surface area contributed by atoms with Gasteiger partial charge in [-0.15, -0.1) is 0 Å². The van der Waals surface area contributed by atoms with Crippen LogP contribution in [0.1, 0.15) is 24.0 Å². The Labute approximate surface area is 123 Å². The normalized spacial score (nSPS) is 18.5. The van der Waals surface area contributed by atoms with Crippen LogP contribution in [0.25, 0.3) is 0 Å². The Balaban J connectivity index is 2.26. The smallest absolute Gasteiger partial charge is 0.416 e. The second-order valence-electron chi connectivity index (χ2n) is 5.18. The minimum absolute atomic E-state index is 0.0887. The fourth-order valence-electron chi connectivity index (χ4n) is 2.21. The van der Waals surface area contributed by atoms with E-state index in [1.54, 1.807) is 4.90 Å². The highest BCUT2D eigenvalue weighted by Gasteiger charge is 2.37. The van der Waals surface area contributed by atoms with Crippen molar-refractivity contribution in [1.82, 2.24) is 4.90 Å². The summed E-state index contributed by atoms with van der Waals surface area (Å²) < 4.78 is 81.7. The summed E-state index contributed by atoms with van der Waals surface area (Å²) in [5.74, 6) is -0.412. The van der Waals surface area contributed by atoms with Crippen molar-refractivity contribution in [3.05, 3.63) is 36.4 Å². The predicted molar refractivity (Wildman–Crippen MR) is 67.0 cm³/mol. The zero-order valence-corrected chi connectivity index (χ0v) is 11.5. The molecule has 0 unspecified atom stereocenters. The molecule has 1 aliphatic rings. The molecule has 1 saturated heterocycles. The van der Waals surface area contributed by atoms with Gasteiger partial charge in [0, 0.05) is 20.1 Å². The molecule has 0 aliphatic carbocycles. The van der Waals surface area contributed by atoms with Crippen molar-refractivity contribution < 1.29 is 31.1 Å². The molecule has 0 atom stereocenters. The van der Waals surface area contributed by atoms with E-state index in [2.05, 4.69) is 7.05 Å². The molecule has 1 radical (unpaired) electrons. The number of nitrogens with zero attached hydrogens (tertiary/aromatic N) is 1. The van der Waals surface area contributed by atoms with Gasteiger partial charge in [-0.3, -0.25) is 0 Å². The summed E-state index contributed by atoms with van der Waals surface area (Å²) >= 11 is 0. The van der Waals surface area contributed by atoms with E-state index in [0.717, 1.165) is 0 Å². The Bertz CT molecular complexity index is 485. The Hall–Kier alpha value is -1.44. The maximum atomic E-state index is 12.7. The van der Waals surface area contributed by atoms with Crippen LogP contribution in [0, 0.1) is 7.05 Å². The second-order valence-corrected chi connectivity index (χ2v) is 5.18. The average Bonchev–Trinajstić information content (AvgIpc) is 2.39. The lowest BCUT2D eigenvalue weighted by Crippen LogP contribution is -2.34. The molecule has 0 N–H and O–H groups in total. The Morgan fingerprint density at radius 2 is 1.36 bits per heavy atom. The van der Waals surface area contributed by atoms with Gasteiger partial charge in [-0.25, -0.2) is 0 Å². The van der Waals surface area contributed by atoms with Gasteiger partial charge in [0.05, 0.1) is 11.1 Å². The fraction of sp³-hybridized carbons (Fsp3) is 0.500. The number of piperidine rings is 1. The molecule has 123 valence electrons. The lowest BCUT2D eigenvalue weighted by molar-refractivity contribution is -0.143. The van der Waals surface area contributed by atoms with Crippen LogP contribution in [0.5, 0.6) is 5.75 Å². The van der Waals surface area contributed by atoms with Crippen LogP contribution in [-0.4, -0.2) is 24.1 Å². The van der Waals surface area contributed by atoms with E-state index in [1.807, 2.05) is 0 Å². The van der Waals surface area contributed by atoms with E-state index >= 15 is 0 Å². The van der Waals surface area contributed by atoms with Gasteiger partial charge in [0.15, 0.2) is 0 Å².